The van der Waals surface area contributed by atoms with Crippen LogP contribution in [-0.4, -0.2) is 10.0 Å². The largest absolute Gasteiger partial charge is 1.00 e. The van der Waals surface area contributed by atoms with Crippen LogP contribution in [0.3, 0.4) is 0 Å². The Morgan fingerprint density at radius 2 is 2.33 bits per heavy atom. The van der Waals surface area contributed by atoms with Crippen molar-refractivity contribution >= 4 is 17.3 Å². The summed E-state index contributed by atoms with van der Waals surface area (Å²) in [7, 11) is 0. The fraction of sp³-hybridized carbons (Fsp3) is 0.250. The Hall–Kier alpha value is 0.0400. The van der Waals surface area contributed by atoms with Crippen molar-refractivity contribution in [3.8, 4) is 0 Å². The Morgan fingerprint density at radius 1 is 1.67 bits per heavy atom. The van der Waals surface area contributed by atoms with Gasteiger partial charge in [0.1, 0.15) is 0 Å². The van der Waals surface area contributed by atoms with Gasteiger partial charge in [-0.3, -0.25) is 4.98 Å². The van der Waals surface area contributed by atoms with E-state index in [0.717, 1.165) is 11.3 Å². The van der Waals surface area contributed by atoms with Crippen molar-refractivity contribution in [2.75, 3.05) is 0 Å². The van der Waals surface area contributed by atoms with Crippen molar-refractivity contribution in [3.05, 3.63) is 29.6 Å². The number of nitrogens with zero attached hydrogens (tertiary/aromatic N) is 1. The quantitative estimate of drug-likeness (QED) is 0.385. The van der Waals surface area contributed by atoms with Gasteiger partial charge in [0.15, 0.2) is 0 Å². The van der Waals surface area contributed by atoms with Gasteiger partial charge in [0.2, 0.25) is 0 Å². The van der Waals surface area contributed by atoms with Crippen LogP contribution in [0.2, 0.25) is 0 Å². The maximum Gasteiger partial charge on any atom is 1.00 e. The molecule has 0 radical (unpaired) electrons. The number of thiocarbonyl (C=S) groups is 1. The minimum atomic E-state index is -0.235. The molecule has 12 heavy (non-hydrogen) atoms. The Labute approximate surface area is 99.3 Å². The number of aryl methyl sites for hydroxylation is 1. The average molecular weight is 189 g/mol. The van der Waals surface area contributed by atoms with Gasteiger partial charge in [-0.05, 0) is 25.0 Å². The average Bonchev–Trinajstić information content (AvgIpc) is 1.93. The molecule has 0 aliphatic carbocycles. The van der Waals surface area contributed by atoms with Crippen molar-refractivity contribution in [2.24, 2.45) is 0 Å². The minimum absolute atomic E-state index is 0. The summed E-state index contributed by atoms with van der Waals surface area (Å²) >= 11 is 4.45. The Bertz CT molecular complexity index is 278. The molecule has 0 saturated carbocycles. The number of aromatic nitrogens is 1. The molecule has 2 nitrogen and oxygen atoms in total. The first-order valence-corrected chi connectivity index (χ1v) is 3.71. The molecule has 1 heterocycles. The van der Waals surface area contributed by atoms with Crippen LogP contribution >= 0.6 is 12.2 Å². The molecule has 4 heteroatoms. The maximum absolute atomic E-state index is 10.6. The molecule has 1 aromatic heterocycles. The fourth-order valence-electron chi connectivity index (χ4n) is 0.860. The van der Waals surface area contributed by atoms with E-state index < -0.39 is 0 Å². The van der Waals surface area contributed by atoms with Gasteiger partial charge in [0, 0.05) is 11.9 Å². The molecule has 0 unspecified atom stereocenters. The molecule has 0 N–H and O–H groups in total. The van der Waals surface area contributed by atoms with Gasteiger partial charge in [-0.1, -0.05) is 11.1 Å². The van der Waals surface area contributed by atoms with E-state index in [4.69, 9.17) is 0 Å². The van der Waals surface area contributed by atoms with Gasteiger partial charge >= 0.3 is 29.6 Å². The Kier molecular flexibility index (Phi) is 5.66. The number of rotatable bonds is 2. The zero-order chi connectivity index (χ0) is 8.27. The van der Waals surface area contributed by atoms with Crippen LogP contribution in [0, 0.1) is 6.92 Å². The molecule has 0 saturated heterocycles. The van der Waals surface area contributed by atoms with Gasteiger partial charge in [-0.15, -0.1) is 12.2 Å². The molecule has 1 rings (SSSR count). The van der Waals surface area contributed by atoms with E-state index in [1.807, 2.05) is 13.0 Å². The molecule has 1 aromatic rings. The van der Waals surface area contributed by atoms with E-state index in [0.29, 0.717) is 6.42 Å². The van der Waals surface area contributed by atoms with Crippen molar-refractivity contribution in [1.82, 2.24) is 4.98 Å². The van der Waals surface area contributed by atoms with Crippen LogP contribution < -0.4 is 34.7 Å². The van der Waals surface area contributed by atoms with Gasteiger partial charge in [-0.2, -0.15) is 0 Å². The summed E-state index contributed by atoms with van der Waals surface area (Å²) in [5.41, 5.74) is 1.80. The predicted molar refractivity (Wildman–Crippen MR) is 45.3 cm³/mol. The summed E-state index contributed by atoms with van der Waals surface area (Å²) in [6, 6.07) is 3.67. The van der Waals surface area contributed by atoms with E-state index >= 15 is 0 Å². The standard InChI is InChI=1S/C8H9NOS.Na/c1-6-7(5-8(10)11)3-2-4-9-6;/h2-4H,5H2,1H3,(H,10,11);/q;+1/p-1. The summed E-state index contributed by atoms with van der Waals surface area (Å²) in [5, 5.41) is 10.3. The number of hydrogen-bond donors (Lipinski definition) is 0. The van der Waals surface area contributed by atoms with E-state index in [9.17, 15) is 5.11 Å². The first-order valence-electron chi connectivity index (χ1n) is 3.30. The molecule has 0 aromatic carbocycles. The van der Waals surface area contributed by atoms with Crippen LogP contribution in [0.1, 0.15) is 11.3 Å². The Morgan fingerprint density at radius 3 is 2.83 bits per heavy atom. The monoisotopic (exact) mass is 189 g/mol. The minimum Gasteiger partial charge on any atom is -0.867 e. The van der Waals surface area contributed by atoms with Gasteiger partial charge in [0.05, 0.1) is 0 Å². The molecule has 0 bridgehead atoms. The summed E-state index contributed by atoms with van der Waals surface area (Å²) < 4.78 is 0. The van der Waals surface area contributed by atoms with E-state index in [2.05, 4.69) is 17.2 Å². The first-order chi connectivity index (χ1) is 5.20. The second kappa shape index (κ2) is 5.65. The van der Waals surface area contributed by atoms with Crippen molar-refractivity contribution in [1.29, 1.82) is 0 Å². The fourth-order valence-corrected chi connectivity index (χ4v) is 1.02. The van der Waals surface area contributed by atoms with Crippen molar-refractivity contribution < 1.29 is 34.7 Å². The molecular formula is C8H8NNaOS. The summed E-state index contributed by atoms with van der Waals surface area (Å²) in [6.45, 7) is 1.87. The third kappa shape index (κ3) is 3.63. The van der Waals surface area contributed by atoms with Crippen LogP contribution in [-0.2, 0) is 6.42 Å². The van der Waals surface area contributed by atoms with E-state index in [1.165, 1.54) is 0 Å². The topological polar surface area (TPSA) is 36.0 Å². The van der Waals surface area contributed by atoms with Crippen LogP contribution in [0.25, 0.3) is 0 Å². The summed E-state index contributed by atoms with van der Waals surface area (Å²) in [4.78, 5) is 4.03. The second-order valence-electron chi connectivity index (χ2n) is 2.30. The van der Waals surface area contributed by atoms with Crippen LogP contribution in [0.15, 0.2) is 18.3 Å². The SMILES string of the molecule is Cc1ncccc1CC([O-])=S.[Na+]. The van der Waals surface area contributed by atoms with Crippen LogP contribution in [0.5, 0.6) is 0 Å². The molecular weight excluding hydrogens is 181 g/mol. The molecule has 0 fully saturated rings. The number of pyridine rings is 1. The maximum atomic E-state index is 10.6. The molecule has 58 valence electrons. The zero-order valence-electron chi connectivity index (χ0n) is 7.20. The summed E-state index contributed by atoms with van der Waals surface area (Å²) in [5.74, 6) is 0. The molecule has 0 spiro atoms. The predicted octanol–water partition coefficient (Wildman–Crippen LogP) is -2.38. The molecule has 0 atom stereocenters. The summed E-state index contributed by atoms with van der Waals surface area (Å²) in [6.07, 6.45) is 2.02. The van der Waals surface area contributed by atoms with Crippen LogP contribution in [0.4, 0.5) is 0 Å². The normalized spacial score (nSPS) is 8.75. The van der Waals surface area contributed by atoms with E-state index in [1.54, 1.807) is 12.3 Å². The molecule has 0 amide bonds. The second-order valence-corrected chi connectivity index (χ2v) is 2.75. The third-order valence-electron chi connectivity index (χ3n) is 1.45. The van der Waals surface area contributed by atoms with Gasteiger partial charge in [0.25, 0.3) is 0 Å². The van der Waals surface area contributed by atoms with Gasteiger partial charge < -0.3 is 5.11 Å². The number of hydrogen-bond acceptors (Lipinski definition) is 3. The van der Waals surface area contributed by atoms with Gasteiger partial charge in [-0.25, -0.2) is 0 Å². The third-order valence-corrected chi connectivity index (χ3v) is 1.60. The van der Waals surface area contributed by atoms with E-state index in [-0.39, 0.29) is 34.6 Å². The molecule has 0 aliphatic heterocycles. The first kappa shape index (κ1) is 12.0. The molecule has 0 aliphatic rings. The Balaban J connectivity index is 0.00000121. The van der Waals surface area contributed by atoms with Crippen molar-refractivity contribution in [2.45, 2.75) is 13.3 Å². The smallest absolute Gasteiger partial charge is 0.867 e. The van der Waals surface area contributed by atoms with Crippen molar-refractivity contribution in [3.63, 3.8) is 0 Å². The zero-order valence-corrected chi connectivity index (χ0v) is 10.0.